The molecule has 0 atom stereocenters. The molecule has 0 unspecified atom stereocenters. The third kappa shape index (κ3) is 3.71. The van der Waals surface area contributed by atoms with Gasteiger partial charge in [-0.2, -0.15) is 0 Å². The van der Waals surface area contributed by atoms with Crippen molar-refractivity contribution in [3.05, 3.63) is 29.3 Å². The number of hydrogen-bond donors (Lipinski definition) is 2. The van der Waals surface area contributed by atoms with Crippen LogP contribution in [-0.2, 0) is 10.3 Å². The first kappa shape index (κ1) is 16.6. The highest BCUT2D eigenvalue weighted by Crippen LogP contribution is 2.35. The van der Waals surface area contributed by atoms with Crippen molar-refractivity contribution in [2.75, 3.05) is 18.8 Å². The molecule has 2 rings (SSSR count). The molecule has 1 fully saturated rings. The number of anilines is 1. The summed E-state index contributed by atoms with van der Waals surface area (Å²) in [6.07, 6.45) is 0.678. The minimum Gasteiger partial charge on any atom is -0.444 e. The van der Waals surface area contributed by atoms with Gasteiger partial charge in [-0.05, 0) is 63.8 Å². The Kier molecular flexibility index (Phi) is 4.38. The molecule has 0 spiro atoms. The summed E-state index contributed by atoms with van der Waals surface area (Å²) in [5.74, 6) is 0. The second-order valence-corrected chi connectivity index (χ2v) is 7.07. The van der Waals surface area contributed by atoms with E-state index in [1.807, 2.05) is 39.8 Å². The van der Waals surface area contributed by atoms with E-state index in [-0.39, 0.29) is 6.09 Å². The topological polar surface area (TPSA) is 75.8 Å². The molecule has 1 aliphatic heterocycles. The van der Waals surface area contributed by atoms with Crippen LogP contribution in [0.4, 0.5) is 10.5 Å². The third-order valence-electron chi connectivity index (χ3n) is 3.99. The quantitative estimate of drug-likeness (QED) is 0.782. The smallest absolute Gasteiger partial charge is 0.410 e. The molecule has 1 aliphatic rings. The molecule has 22 heavy (non-hydrogen) atoms. The SMILES string of the molecule is Cc1cc(N)ccc1C1(O)CCN(C(=O)OC(C)(C)C)CC1. The zero-order valence-electron chi connectivity index (χ0n) is 13.8. The molecule has 5 heteroatoms. The lowest BCUT2D eigenvalue weighted by atomic mass is 9.82. The Bertz CT molecular complexity index is 556. The molecule has 122 valence electrons. The number of aryl methyl sites for hydroxylation is 1. The average Bonchev–Trinajstić information content (AvgIpc) is 2.36. The molecule has 1 heterocycles. The van der Waals surface area contributed by atoms with Gasteiger partial charge in [-0.15, -0.1) is 0 Å². The number of ether oxygens (including phenoxy) is 1. The Labute approximate surface area is 132 Å². The Balaban J connectivity index is 2.06. The number of piperidine rings is 1. The fourth-order valence-corrected chi connectivity index (χ4v) is 2.86. The van der Waals surface area contributed by atoms with Crippen molar-refractivity contribution in [2.24, 2.45) is 0 Å². The molecule has 3 N–H and O–H groups in total. The van der Waals surface area contributed by atoms with Gasteiger partial charge in [0.2, 0.25) is 0 Å². The van der Waals surface area contributed by atoms with E-state index in [0.29, 0.717) is 31.6 Å². The standard InChI is InChI=1S/C17H26N2O3/c1-12-11-13(18)5-6-14(12)17(21)7-9-19(10-8-17)15(20)22-16(2,3)4/h5-6,11,21H,7-10,18H2,1-4H3. The van der Waals surface area contributed by atoms with Crippen molar-refractivity contribution in [1.29, 1.82) is 0 Å². The lowest BCUT2D eigenvalue weighted by molar-refractivity contribution is -0.0359. The third-order valence-corrected chi connectivity index (χ3v) is 3.99. The van der Waals surface area contributed by atoms with E-state index in [1.165, 1.54) is 0 Å². The summed E-state index contributed by atoms with van der Waals surface area (Å²) in [4.78, 5) is 13.7. The maximum Gasteiger partial charge on any atom is 0.410 e. The molecular formula is C17H26N2O3. The predicted octanol–water partition coefficient (Wildman–Crippen LogP) is 2.80. The van der Waals surface area contributed by atoms with Crippen LogP contribution in [0.25, 0.3) is 0 Å². The number of hydrogen-bond acceptors (Lipinski definition) is 4. The highest BCUT2D eigenvalue weighted by atomic mass is 16.6. The molecule has 1 saturated heterocycles. The van der Waals surface area contributed by atoms with Gasteiger partial charge in [-0.25, -0.2) is 4.79 Å². The Morgan fingerprint density at radius 1 is 1.32 bits per heavy atom. The van der Waals surface area contributed by atoms with Crippen molar-refractivity contribution in [3.8, 4) is 0 Å². The van der Waals surface area contributed by atoms with Crippen molar-refractivity contribution in [2.45, 2.75) is 51.7 Å². The fraction of sp³-hybridized carbons (Fsp3) is 0.588. The normalized spacial score (nSPS) is 18.1. The molecule has 0 aliphatic carbocycles. The number of carbonyl (C=O) groups is 1. The lowest BCUT2D eigenvalue weighted by Crippen LogP contribution is -2.47. The number of benzene rings is 1. The monoisotopic (exact) mass is 306 g/mol. The summed E-state index contributed by atoms with van der Waals surface area (Å²) >= 11 is 0. The number of aliphatic hydroxyl groups is 1. The van der Waals surface area contributed by atoms with Gasteiger partial charge in [-0.3, -0.25) is 0 Å². The van der Waals surface area contributed by atoms with Crippen LogP contribution in [0, 0.1) is 6.92 Å². The largest absolute Gasteiger partial charge is 0.444 e. The number of likely N-dealkylation sites (tertiary alicyclic amines) is 1. The van der Waals surface area contributed by atoms with Crippen molar-refractivity contribution >= 4 is 11.8 Å². The zero-order valence-corrected chi connectivity index (χ0v) is 13.8. The van der Waals surface area contributed by atoms with Crippen LogP contribution in [-0.4, -0.2) is 34.8 Å². The highest BCUT2D eigenvalue weighted by molar-refractivity contribution is 5.68. The highest BCUT2D eigenvalue weighted by Gasteiger charge is 2.37. The number of rotatable bonds is 1. The van der Waals surface area contributed by atoms with Gasteiger partial charge in [0.25, 0.3) is 0 Å². The van der Waals surface area contributed by atoms with E-state index < -0.39 is 11.2 Å². The van der Waals surface area contributed by atoms with Crippen molar-refractivity contribution < 1.29 is 14.6 Å². The molecule has 5 nitrogen and oxygen atoms in total. The zero-order chi connectivity index (χ0) is 16.5. The Morgan fingerprint density at radius 2 is 1.91 bits per heavy atom. The first-order chi connectivity index (χ1) is 10.1. The summed E-state index contributed by atoms with van der Waals surface area (Å²) in [6.45, 7) is 8.46. The molecule has 0 bridgehead atoms. The number of nitrogen functional groups attached to an aromatic ring is 1. The summed E-state index contributed by atoms with van der Waals surface area (Å²) in [5, 5.41) is 10.9. The van der Waals surface area contributed by atoms with Crippen LogP contribution >= 0.6 is 0 Å². The summed E-state index contributed by atoms with van der Waals surface area (Å²) in [6, 6.07) is 5.56. The second-order valence-electron chi connectivity index (χ2n) is 7.07. The van der Waals surface area contributed by atoms with E-state index in [0.717, 1.165) is 11.1 Å². The first-order valence-corrected chi connectivity index (χ1v) is 7.68. The maximum atomic E-state index is 12.1. The number of nitrogens with two attached hydrogens (primary N) is 1. The summed E-state index contributed by atoms with van der Waals surface area (Å²) in [7, 11) is 0. The van der Waals surface area contributed by atoms with Gasteiger partial charge in [0.05, 0.1) is 5.60 Å². The van der Waals surface area contributed by atoms with Crippen LogP contribution in [0.3, 0.4) is 0 Å². The average molecular weight is 306 g/mol. The van der Waals surface area contributed by atoms with Gasteiger partial charge < -0.3 is 20.5 Å². The van der Waals surface area contributed by atoms with E-state index in [4.69, 9.17) is 10.5 Å². The van der Waals surface area contributed by atoms with E-state index in [9.17, 15) is 9.90 Å². The lowest BCUT2D eigenvalue weighted by Gasteiger charge is -2.39. The number of nitrogens with zero attached hydrogens (tertiary/aromatic N) is 1. The Morgan fingerprint density at radius 3 is 2.41 bits per heavy atom. The predicted molar refractivity (Wildman–Crippen MR) is 86.5 cm³/mol. The minimum atomic E-state index is -0.906. The van der Waals surface area contributed by atoms with Crippen LogP contribution in [0.5, 0.6) is 0 Å². The molecular weight excluding hydrogens is 280 g/mol. The van der Waals surface area contributed by atoms with E-state index >= 15 is 0 Å². The van der Waals surface area contributed by atoms with Crippen LogP contribution in [0.1, 0.15) is 44.7 Å². The molecule has 0 radical (unpaired) electrons. The molecule has 0 aromatic heterocycles. The molecule has 1 aromatic rings. The summed E-state index contributed by atoms with van der Waals surface area (Å²) in [5.41, 5.74) is 6.93. The Hall–Kier alpha value is -1.75. The van der Waals surface area contributed by atoms with Crippen LogP contribution in [0.2, 0.25) is 0 Å². The summed E-state index contributed by atoms with van der Waals surface area (Å²) < 4.78 is 5.38. The molecule has 0 saturated carbocycles. The van der Waals surface area contributed by atoms with Crippen molar-refractivity contribution in [3.63, 3.8) is 0 Å². The maximum absolute atomic E-state index is 12.1. The second kappa shape index (κ2) is 5.80. The van der Waals surface area contributed by atoms with Gasteiger partial charge in [0.15, 0.2) is 0 Å². The van der Waals surface area contributed by atoms with Gasteiger partial charge in [-0.1, -0.05) is 6.07 Å². The minimum absolute atomic E-state index is 0.316. The molecule has 1 aromatic carbocycles. The fourth-order valence-electron chi connectivity index (χ4n) is 2.86. The van der Waals surface area contributed by atoms with E-state index in [2.05, 4.69) is 0 Å². The molecule has 1 amide bonds. The first-order valence-electron chi connectivity index (χ1n) is 7.68. The van der Waals surface area contributed by atoms with Crippen LogP contribution in [0.15, 0.2) is 18.2 Å². The van der Waals surface area contributed by atoms with E-state index in [1.54, 1.807) is 11.0 Å². The number of amides is 1. The van der Waals surface area contributed by atoms with Gasteiger partial charge in [0.1, 0.15) is 5.60 Å². The number of carbonyl (C=O) groups excluding carboxylic acids is 1. The van der Waals surface area contributed by atoms with Gasteiger partial charge >= 0.3 is 6.09 Å². The van der Waals surface area contributed by atoms with Crippen molar-refractivity contribution in [1.82, 2.24) is 4.90 Å². The van der Waals surface area contributed by atoms with Gasteiger partial charge in [0, 0.05) is 18.8 Å². The van der Waals surface area contributed by atoms with Crippen LogP contribution < -0.4 is 5.73 Å².